The van der Waals surface area contributed by atoms with Crippen LogP contribution >= 0.6 is 0 Å². The van der Waals surface area contributed by atoms with Crippen molar-refractivity contribution in [2.45, 2.75) is 45.3 Å². The van der Waals surface area contributed by atoms with E-state index in [0.29, 0.717) is 6.61 Å². The van der Waals surface area contributed by atoms with Crippen LogP contribution in [0, 0.1) is 0 Å². The van der Waals surface area contributed by atoms with E-state index in [-0.39, 0.29) is 12.0 Å². The number of carbonyl (C=O) groups excluding carboxylic acids is 1. The van der Waals surface area contributed by atoms with Gasteiger partial charge in [0.1, 0.15) is 6.61 Å². The van der Waals surface area contributed by atoms with Gasteiger partial charge in [0.15, 0.2) is 0 Å². The third kappa shape index (κ3) is 4.72. The molecule has 0 fully saturated rings. The molecular weight excluding hydrogens is 310 g/mol. The van der Waals surface area contributed by atoms with Crippen molar-refractivity contribution in [2.24, 2.45) is 0 Å². The quantitative estimate of drug-likeness (QED) is 0.762. The molecule has 0 aliphatic heterocycles. The number of benzene rings is 2. The van der Waals surface area contributed by atoms with Gasteiger partial charge in [-0.2, -0.15) is 0 Å². The molecule has 0 saturated carbocycles. The minimum absolute atomic E-state index is 0.172. The molecule has 1 aliphatic carbocycles. The summed E-state index contributed by atoms with van der Waals surface area (Å²) in [7, 11) is 0. The molecule has 0 heterocycles. The second-order valence-corrected chi connectivity index (χ2v) is 6.50. The fourth-order valence-corrected chi connectivity index (χ4v) is 3.19. The summed E-state index contributed by atoms with van der Waals surface area (Å²) >= 11 is 0. The Labute approximate surface area is 149 Å². The van der Waals surface area contributed by atoms with E-state index in [1.165, 1.54) is 5.56 Å². The maximum absolute atomic E-state index is 12.6. The predicted octanol–water partition coefficient (Wildman–Crippen LogP) is 4.91. The molecule has 25 heavy (non-hydrogen) atoms. The van der Waals surface area contributed by atoms with Crippen LogP contribution < -0.4 is 5.32 Å². The summed E-state index contributed by atoms with van der Waals surface area (Å²) in [6.07, 6.45) is 3.85. The summed E-state index contributed by atoms with van der Waals surface area (Å²) in [5.74, 6) is -0.189. The van der Waals surface area contributed by atoms with E-state index in [4.69, 9.17) is 4.74 Å². The van der Waals surface area contributed by atoms with Crippen LogP contribution in [0.25, 0.3) is 0 Å². The molecule has 3 nitrogen and oxygen atoms in total. The van der Waals surface area contributed by atoms with E-state index in [9.17, 15) is 4.79 Å². The zero-order chi connectivity index (χ0) is 17.5. The van der Waals surface area contributed by atoms with Crippen LogP contribution in [0.3, 0.4) is 0 Å². The van der Waals surface area contributed by atoms with Gasteiger partial charge in [-0.1, -0.05) is 60.7 Å². The Balaban J connectivity index is 1.68. The van der Waals surface area contributed by atoms with Gasteiger partial charge in [0.05, 0.1) is 5.57 Å². The lowest BCUT2D eigenvalue weighted by Crippen LogP contribution is -2.25. The molecule has 0 radical (unpaired) electrons. The highest BCUT2D eigenvalue weighted by Crippen LogP contribution is 2.27. The van der Waals surface area contributed by atoms with Gasteiger partial charge in [-0.15, -0.1) is 0 Å². The monoisotopic (exact) mass is 335 g/mol. The van der Waals surface area contributed by atoms with Crippen molar-refractivity contribution in [1.29, 1.82) is 0 Å². The Bertz CT molecular complexity index is 722. The van der Waals surface area contributed by atoms with Crippen LogP contribution in [0.5, 0.6) is 0 Å². The molecule has 0 unspecified atom stereocenters. The molecule has 0 spiro atoms. The first-order chi connectivity index (χ1) is 12.2. The first-order valence-corrected chi connectivity index (χ1v) is 8.98. The number of ether oxygens (including phenoxy) is 1. The van der Waals surface area contributed by atoms with Crippen molar-refractivity contribution in [1.82, 2.24) is 5.32 Å². The van der Waals surface area contributed by atoms with E-state index in [2.05, 4.69) is 24.4 Å². The highest BCUT2D eigenvalue weighted by molar-refractivity contribution is 5.89. The van der Waals surface area contributed by atoms with Crippen molar-refractivity contribution >= 4 is 5.97 Å². The highest BCUT2D eigenvalue weighted by Gasteiger charge is 2.22. The molecule has 0 saturated heterocycles. The zero-order valence-electron chi connectivity index (χ0n) is 14.7. The lowest BCUT2D eigenvalue weighted by molar-refractivity contribution is -0.140. The number of carbonyl (C=O) groups is 1. The van der Waals surface area contributed by atoms with E-state index in [1.807, 2.05) is 48.5 Å². The Morgan fingerprint density at radius 3 is 2.36 bits per heavy atom. The van der Waals surface area contributed by atoms with E-state index < -0.39 is 0 Å². The maximum atomic E-state index is 12.6. The molecule has 1 aliphatic rings. The van der Waals surface area contributed by atoms with E-state index >= 15 is 0 Å². The maximum Gasteiger partial charge on any atom is 0.336 e. The van der Waals surface area contributed by atoms with E-state index in [1.54, 1.807) is 0 Å². The number of hydrogen-bond acceptors (Lipinski definition) is 3. The minimum Gasteiger partial charge on any atom is -0.457 e. The summed E-state index contributed by atoms with van der Waals surface area (Å²) in [6.45, 7) is 2.45. The predicted molar refractivity (Wildman–Crippen MR) is 99.7 cm³/mol. The highest BCUT2D eigenvalue weighted by atomic mass is 16.5. The minimum atomic E-state index is -0.189. The average Bonchev–Trinajstić information content (AvgIpc) is 2.68. The molecule has 1 N–H and O–H groups in total. The fourth-order valence-electron chi connectivity index (χ4n) is 3.19. The molecule has 3 heteroatoms. The fraction of sp³-hybridized carbons (Fsp3) is 0.318. The van der Waals surface area contributed by atoms with Crippen molar-refractivity contribution in [3.8, 4) is 0 Å². The standard InChI is InChI=1S/C22H25NO2/c1-17(19-12-6-3-7-13-19)23-21-15-9-8-14-20(21)22(24)25-16-18-10-4-2-5-11-18/h2-7,10-13,17,23H,8-9,14-16H2,1H3/t17-/m1/s1. The summed E-state index contributed by atoms with van der Waals surface area (Å²) in [5, 5.41) is 3.54. The molecule has 0 bridgehead atoms. The number of allylic oxidation sites excluding steroid dienone is 1. The van der Waals surface area contributed by atoms with Gasteiger partial charge < -0.3 is 10.1 Å². The Morgan fingerprint density at radius 1 is 1.00 bits per heavy atom. The summed E-state index contributed by atoms with van der Waals surface area (Å²) in [4.78, 5) is 12.6. The third-order valence-electron chi connectivity index (χ3n) is 4.62. The van der Waals surface area contributed by atoms with Crippen LogP contribution in [0.4, 0.5) is 0 Å². The number of nitrogens with one attached hydrogen (secondary N) is 1. The Hall–Kier alpha value is -2.55. The summed E-state index contributed by atoms with van der Waals surface area (Å²) < 4.78 is 5.55. The van der Waals surface area contributed by atoms with E-state index in [0.717, 1.165) is 42.5 Å². The summed E-state index contributed by atoms with van der Waals surface area (Å²) in [5.41, 5.74) is 4.09. The topological polar surface area (TPSA) is 38.3 Å². The SMILES string of the molecule is C[C@@H](NC1=C(C(=O)OCc2ccccc2)CCCC1)c1ccccc1. The Kier molecular flexibility index (Phi) is 5.89. The molecule has 2 aromatic carbocycles. The van der Waals surface area contributed by atoms with Crippen molar-refractivity contribution in [3.05, 3.63) is 83.1 Å². The number of hydrogen-bond donors (Lipinski definition) is 1. The Morgan fingerprint density at radius 2 is 1.64 bits per heavy atom. The molecule has 1 atom stereocenters. The van der Waals surface area contributed by atoms with Crippen molar-refractivity contribution < 1.29 is 9.53 Å². The van der Waals surface area contributed by atoms with Gasteiger partial charge in [0.25, 0.3) is 0 Å². The summed E-state index contributed by atoms with van der Waals surface area (Å²) in [6, 6.07) is 20.3. The van der Waals surface area contributed by atoms with Crippen LogP contribution in [-0.4, -0.2) is 5.97 Å². The molecule has 0 amide bonds. The second-order valence-electron chi connectivity index (χ2n) is 6.50. The van der Waals surface area contributed by atoms with Gasteiger partial charge in [-0.05, 0) is 43.7 Å². The first-order valence-electron chi connectivity index (χ1n) is 8.98. The van der Waals surface area contributed by atoms with Crippen molar-refractivity contribution in [2.75, 3.05) is 0 Å². The largest absolute Gasteiger partial charge is 0.457 e. The van der Waals surface area contributed by atoms with Crippen LogP contribution in [0.1, 0.15) is 49.8 Å². The van der Waals surface area contributed by atoms with Gasteiger partial charge in [-0.3, -0.25) is 0 Å². The third-order valence-corrected chi connectivity index (χ3v) is 4.62. The van der Waals surface area contributed by atoms with Crippen molar-refractivity contribution in [3.63, 3.8) is 0 Å². The lowest BCUT2D eigenvalue weighted by atomic mass is 9.95. The van der Waals surface area contributed by atoms with Gasteiger partial charge in [0.2, 0.25) is 0 Å². The second kappa shape index (κ2) is 8.52. The normalized spacial score (nSPS) is 15.6. The first kappa shape index (κ1) is 17.3. The molecule has 130 valence electrons. The smallest absolute Gasteiger partial charge is 0.336 e. The number of rotatable bonds is 6. The zero-order valence-corrected chi connectivity index (χ0v) is 14.7. The van der Waals surface area contributed by atoms with Gasteiger partial charge in [0, 0.05) is 11.7 Å². The molecule has 0 aromatic heterocycles. The number of esters is 1. The lowest BCUT2D eigenvalue weighted by Gasteiger charge is -2.24. The van der Waals surface area contributed by atoms with Gasteiger partial charge in [-0.25, -0.2) is 4.79 Å². The molecule has 3 rings (SSSR count). The van der Waals surface area contributed by atoms with Gasteiger partial charge >= 0.3 is 5.97 Å². The van der Waals surface area contributed by atoms with Crippen LogP contribution in [0.2, 0.25) is 0 Å². The average molecular weight is 335 g/mol. The molecule has 2 aromatic rings. The van der Waals surface area contributed by atoms with Crippen LogP contribution in [-0.2, 0) is 16.1 Å². The molecular formula is C22H25NO2. The van der Waals surface area contributed by atoms with Crippen LogP contribution in [0.15, 0.2) is 71.9 Å².